The zero-order valence-corrected chi connectivity index (χ0v) is 11.1. The van der Waals surface area contributed by atoms with Gasteiger partial charge in [-0.05, 0) is 13.1 Å². The van der Waals surface area contributed by atoms with E-state index in [-0.39, 0.29) is 24.0 Å². The number of carbonyl (C=O) groups is 1. The van der Waals surface area contributed by atoms with Gasteiger partial charge in [0.1, 0.15) is 24.3 Å². The maximum Gasteiger partial charge on any atom is 0.341 e. The number of halogens is 2. The van der Waals surface area contributed by atoms with Gasteiger partial charge in [-0.15, -0.1) is 0 Å². The van der Waals surface area contributed by atoms with Crippen LogP contribution < -0.4 is 5.73 Å². The van der Waals surface area contributed by atoms with Gasteiger partial charge in [0.15, 0.2) is 0 Å². The number of nitrogen functional groups attached to an aromatic ring is 1. The van der Waals surface area contributed by atoms with Gasteiger partial charge in [-0.3, -0.25) is 0 Å². The third-order valence-corrected chi connectivity index (χ3v) is 3.05. The molecule has 1 atom stereocenters. The highest BCUT2D eigenvalue weighted by molar-refractivity contribution is 5.90. The van der Waals surface area contributed by atoms with E-state index in [1.165, 1.54) is 0 Å². The lowest BCUT2D eigenvalue weighted by Gasteiger charge is -2.29. The Bertz CT molecular complexity index is 511. The van der Waals surface area contributed by atoms with E-state index in [1.807, 2.05) is 11.9 Å². The number of anilines is 1. The first-order valence-electron chi connectivity index (χ1n) is 6.19. The molecule has 2 N–H and O–H groups in total. The van der Waals surface area contributed by atoms with E-state index < -0.39 is 17.6 Å². The van der Waals surface area contributed by atoms with Crippen molar-refractivity contribution in [3.8, 4) is 0 Å². The topological polar surface area (TPSA) is 64.8 Å². The Morgan fingerprint density at radius 1 is 1.50 bits per heavy atom. The monoisotopic (exact) mass is 286 g/mol. The molecule has 1 aromatic rings. The second kappa shape index (κ2) is 6.15. The number of hydrogen-bond donors (Lipinski definition) is 1. The third kappa shape index (κ3) is 3.43. The number of rotatable bonds is 3. The summed E-state index contributed by atoms with van der Waals surface area (Å²) in [6.07, 6.45) is -0.251. The summed E-state index contributed by atoms with van der Waals surface area (Å²) in [7, 11) is 1.93. The van der Waals surface area contributed by atoms with Gasteiger partial charge in [0.25, 0.3) is 0 Å². The lowest BCUT2D eigenvalue weighted by molar-refractivity contribution is -0.0529. The van der Waals surface area contributed by atoms with E-state index in [0.29, 0.717) is 19.2 Å². The van der Waals surface area contributed by atoms with Crippen molar-refractivity contribution >= 4 is 11.7 Å². The molecule has 0 amide bonds. The smallest absolute Gasteiger partial charge is 0.341 e. The lowest BCUT2D eigenvalue weighted by atomic mass is 10.2. The van der Waals surface area contributed by atoms with Gasteiger partial charge in [0, 0.05) is 19.2 Å². The first-order valence-corrected chi connectivity index (χ1v) is 6.19. The summed E-state index contributed by atoms with van der Waals surface area (Å²) in [6.45, 7) is 2.01. The Kier molecular flexibility index (Phi) is 4.51. The summed E-state index contributed by atoms with van der Waals surface area (Å²) in [6, 6.07) is 1.50. The SMILES string of the molecule is CN1CCOC(COC(=O)c2cc(N)c(F)cc2F)C1. The highest BCUT2D eigenvalue weighted by Gasteiger charge is 2.21. The summed E-state index contributed by atoms with van der Waals surface area (Å²) in [5.74, 6) is -2.79. The van der Waals surface area contributed by atoms with Crippen molar-refractivity contribution < 1.29 is 23.0 Å². The Balaban J connectivity index is 1.96. The van der Waals surface area contributed by atoms with E-state index in [1.54, 1.807) is 0 Å². The number of morpholine rings is 1. The van der Waals surface area contributed by atoms with Crippen LogP contribution in [-0.2, 0) is 9.47 Å². The average molecular weight is 286 g/mol. The predicted octanol–water partition coefficient (Wildman–Crippen LogP) is 1.03. The first-order chi connectivity index (χ1) is 9.47. The van der Waals surface area contributed by atoms with Crippen LogP contribution in [0.5, 0.6) is 0 Å². The minimum absolute atomic E-state index is 0.0138. The standard InChI is InChI=1S/C13H16F2N2O3/c1-17-2-3-19-8(6-17)7-20-13(18)9-4-12(16)11(15)5-10(9)14/h4-5,8H,2-3,6-7,16H2,1H3. The quantitative estimate of drug-likeness (QED) is 0.664. The van der Waals surface area contributed by atoms with Crippen molar-refractivity contribution in [3.05, 3.63) is 29.3 Å². The second-order valence-electron chi connectivity index (χ2n) is 4.71. The molecule has 0 radical (unpaired) electrons. The fraction of sp³-hybridized carbons (Fsp3) is 0.462. The van der Waals surface area contributed by atoms with Crippen molar-refractivity contribution in [1.29, 1.82) is 0 Å². The van der Waals surface area contributed by atoms with E-state index in [0.717, 1.165) is 12.6 Å². The molecule has 7 heteroatoms. The molecule has 110 valence electrons. The molecule has 0 saturated carbocycles. The van der Waals surface area contributed by atoms with Gasteiger partial charge in [0.2, 0.25) is 0 Å². The van der Waals surface area contributed by atoms with Crippen LogP contribution in [0.1, 0.15) is 10.4 Å². The molecule has 0 spiro atoms. The lowest BCUT2D eigenvalue weighted by Crippen LogP contribution is -2.42. The van der Waals surface area contributed by atoms with Crippen LogP contribution >= 0.6 is 0 Å². The minimum atomic E-state index is -0.997. The van der Waals surface area contributed by atoms with Gasteiger partial charge in [-0.1, -0.05) is 0 Å². The maximum atomic E-state index is 13.5. The minimum Gasteiger partial charge on any atom is -0.459 e. The number of carbonyl (C=O) groups excluding carboxylic acids is 1. The summed E-state index contributed by atoms with van der Waals surface area (Å²) < 4.78 is 36.9. The molecular formula is C13H16F2N2O3. The number of benzene rings is 1. The molecule has 1 fully saturated rings. The Hall–Kier alpha value is -1.73. The highest BCUT2D eigenvalue weighted by Crippen LogP contribution is 2.17. The van der Waals surface area contributed by atoms with Gasteiger partial charge in [-0.25, -0.2) is 13.6 Å². The third-order valence-electron chi connectivity index (χ3n) is 3.05. The molecule has 20 heavy (non-hydrogen) atoms. The molecule has 0 bridgehead atoms. The molecule has 1 saturated heterocycles. The number of hydrogen-bond acceptors (Lipinski definition) is 5. The molecule has 1 aromatic carbocycles. The van der Waals surface area contributed by atoms with Crippen LogP contribution in [0.4, 0.5) is 14.5 Å². The molecule has 1 heterocycles. The Labute approximate surface area is 115 Å². The van der Waals surface area contributed by atoms with Crippen molar-refractivity contribution in [1.82, 2.24) is 4.90 Å². The second-order valence-corrected chi connectivity index (χ2v) is 4.71. The highest BCUT2D eigenvalue weighted by atomic mass is 19.1. The van der Waals surface area contributed by atoms with Crippen molar-refractivity contribution in [2.24, 2.45) is 0 Å². The molecule has 1 unspecified atom stereocenters. The van der Waals surface area contributed by atoms with Crippen molar-refractivity contribution in [3.63, 3.8) is 0 Å². The maximum absolute atomic E-state index is 13.5. The zero-order chi connectivity index (χ0) is 14.7. The fourth-order valence-corrected chi connectivity index (χ4v) is 1.94. The van der Waals surface area contributed by atoms with Gasteiger partial charge < -0.3 is 20.1 Å². The summed E-state index contributed by atoms with van der Waals surface area (Å²) in [5.41, 5.74) is 4.62. The molecule has 0 aromatic heterocycles. The van der Waals surface area contributed by atoms with Crippen LogP contribution in [0.15, 0.2) is 12.1 Å². The van der Waals surface area contributed by atoms with Crippen LogP contribution in [0.2, 0.25) is 0 Å². The fourth-order valence-electron chi connectivity index (χ4n) is 1.94. The Morgan fingerprint density at radius 3 is 2.95 bits per heavy atom. The molecule has 2 rings (SSSR count). The van der Waals surface area contributed by atoms with E-state index >= 15 is 0 Å². The van der Waals surface area contributed by atoms with Crippen LogP contribution in [-0.4, -0.2) is 50.3 Å². The summed E-state index contributed by atoms with van der Waals surface area (Å²) in [4.78, 5) is 13.8. The van der Waals surface area contributed by atoms with Crippen LogP contribution in [0.3, 0.4) is 0 Å². The summed E-state index contributed by atoms with van der Waals surface area (Å²) >= 11 is 0. The Morgan fingerprint density at radius 2 is 2.25 bits per heavy atom. The van der Waals surface area contributed by atoms with E-state index in [9.17, 15) is 13.6 Å². The largest absolute Gasteiger partial charge is 0.459 e. The van der Waals surface area contributed by atoms with Gasteiger partial charge in [0.05, 0.1) is 17.9 Å². The first kappa shape index (κ1) is 14.7. The zero-order valence-electron chi connectivity index (χ0n) is 11.1. The van der Waals surface area contributed by atoms with Crippen molar-refractivity contribution in [2.75, 3.05) is 39.1 Å². The molecule has 5 nitrogen and oxygen atoms in total. The predicted molar refractivity (Wildman–Crippen MR) is 68.3 cm³/mol. The van der Waals surface area contributed by atoms with E-state index in [2.05, 4.69) is 0 Å². The van der Waals surface area contributed by atoms with E-state index in [4.69, 9.17) is 15.2 Å². The van der Waals surface area contributed by atoms with Crippen LogP contribution in [0.25, 0.3) is 0 Å². The number of ether oxygens (including phenoxy) is 2. The number of nitrogens with zero attached hydrogens (tertiary/aromatic N) is 1. The molecule has 0 aliphatic carbocycles. The molecule has 1 aliphatic rings. The number of likely N-dealkylation sites (N-methyl/N-ethyl adjacent to an activating group) is 1. The average Bonchev–Trinajstić information content (AvgIpc) is 2.40. The molecule has 1 aliphatic heterocycles. The normalized spacial score (nSPS) is 19.9. The number of nitrogens with two attached hydrogens (primary N) is 1. The van der Waals surface area contributed by atoms with Crippen LogP contribution in [0, 0.1) is 11.6 Å². The van der Waals surface area contributed by atoms with Gasteiger partial charge >= 0.3 is 5.97 Å². The number of esters is 1. The van der Waals surface area contributed by atoms with Gasteiger partial charge in [-0.2, -0.15) is 0 Å². The summed E-state index contributed by atoms with van der Waals surface area (Å²) in [5, 5.41) is 0. The van der Waals surface area contributed by atoms with Crippen molar-refractivity contribution in [2.45, 2.75) is 6.10 Å². The molecular weight excluding hydrogens is 270 g/mol.